The predicted molar refractivity (Wildman–Crippen MR) is 67.3 cm³/mol. The molecule has 1 aliphatic rings. The zero-order valence-corrected chi connectivity index (χ0v) is 11.3. The maximum atomic E-state index is 2.51. The van der Waals surface area contributed by atoms with E-state index in [-0.39, 0.29) is 7.02 Å². The molecule has 0 fully saturated rings. The van der Waals surface area contributed by atoms with Crippen LogP contribution in [0.5, 0.6) is 0 Å². The van der Waals surface area contributed by atoms with Crippen molar-refractivity contribution in [3.8, 4) is 0 Å². The molecule has 0 saturated heterocycles. The lowest BCUT2D eigenvalue weighted by molar-refractivity contribution is 0.554. The van der Waals surface area contributed by atoms with E-state index in [0.29, 0.717) is 5.41 Å². The minimum Gasteiger partial charge on any atom is -0.122 e. The summed E-state index contributed by atoms with van der Waals surface area (Å²) in [5.74, 6) is 0. The summed E-state index contributed by atoms with van der Waals surface area (Å²) in [7, 11) is 0.0537. The maximum absolute atomic E-state index is 2.51. The van der Waals surface area contributed by atoms with Crippen LogP contribution >= 0.6 is 21.8 Å². The van der Waals surface area contributed by atoms with Gasteiger partial charge in [-0.05, 0) is 13.3 Å². The van der Waals surface area contributed by atoms with Gasteiger partial charge < -0.3 is 0 Å². The highest BCUT2D eigenvalue weighted by molar-refractivity contribution is 14.1. The molecule has 0 bridgehead atoms. The van der Waals surface area contributed by atoms with E-state index in [4.69, 9.17) is 0 Å². The monoisotopic (exact) mass is 290 g/mol. The SMILES string of the molecule is CC1=CCC(C)(C=C[SiH2]I)C=C1. The first-order chi connectivity index (χ1) is 5.66. The van der Waals surface area contributed by atoms with Gasteiger partial charge in [0.1, 0.15) is 7.02 Å². The quantitative estimate of drug-likeness (QED) is 0.417. The highest BCUT2D eigenvalue weighted by Gasteiger charge is 2.17. The topological polar surface area (TPSA) is 0 Å². The molecule has 0 aromatic carbocycles. The average molecular weight is 290 g/mol. The highest BCUT2D eigenvalue weighted by Crippen LogP contribution is 2.30. The Hall–Kier alpha value is 0.167. The average Bonchev–Trinajstić information content (AvgIpc) is 2.08. The number of rotatable bonds is 2. The second-order valence-corrected chi connectivity index (χ2v) is 6.97. The molecule has 2 heteroatoms. The number of hydrogen-bond acceptors (Lipinski definition) is 0. The molecule has 0 saturated carbocycles. The van der Waals surface area contributed by atoms with Crippen LogP contribution in [0.25, 0.3) is 0 Å². The van der Waals surface area contributed by atoms with Crippen LogP contribution in [0.2, 0.25) is 0 Å². The predicted octanol–water partition coefficient (Wildman–Crippen LogP) is 2.93. The Kier molecular flexibility index (Phi) is 3.77. The van der Waals surface area contributed by atoms with Crippen LogP contribution in [-0.4, -0.2) is 7.02 Å². The van der Waals surface area contributed by atoms with Crippen molar-refractivity contribution in [3.63, 3.8) is 0 Å². The molecular weight excluding hydrogens is 275 g/mol. The minimum absolute atomic E-state index is 0.0537. The summed E-state index contributed by atoms with van der Waals surface area (Å²) in [6.45, 7) is 4.45. The van der Waals surface area contributed by atoms with Gasteiger partial charge in [0.2, 0.25) is 0 Å². The van der Waals surface area contributed by atoms with E-state index in [1.807, 2.05) is 0 Å². The Bertz CT molecular complexity index is 240. The summed E-state index contributed by atoms with van der Waals surface area (Å²) in [4.78, 5) is 0. The Balaban J connectivity index is 2.65. The van der Waals surface area contributed by atoms with Crippen molar-refractivity contribution < 1.29 is 0 Å². The molecule has 0 nitrogen and oxygen atoms in total. The molecule has 0 N–H and O–H groups in total. The van der Waals surface area contributed by atoms with Crippen molar-refractivity contribution >= 4 is 28.8 Å². The fourth-order valence-electron chi connectivity index (χ4n) is 1.28. The van der Waals surface area contributed by atoms with E-state index < -0.39 is 0 Å². The van der Waals surface area contributed by atoms with Crippen molar-refractivity contribution in [2.45, 2.75) is 20.3 Å². The first-order valence-corrected chi connectivity index (χ1v) is 10.2. The molecule has 12 heavy (non-hydrogen) atoms. The zero-order valence-electron chi connectivity index (χ0n) is 7.68. The highest BCUT2D eigenvalue weighted by atomic mass is 127. The Morgan fingerprint density at radius 2 is 2.42 bits per heavy atom. The lowest BCUT2D eigenvalue weighted by atomic mass is 9.82. The molecular formula is C10H15ISi. The van der Waals surface area contributed by atoms with Gasteiger partial charge in [-0.15, -0.1) is 21.8 Å². The Labute approximate surface area is 89.9 Å². The van der Waals surface area contributed by atoms with Crippen LogP contribution in [0, 0.1) is 5.41 Å². The lowest BCUT2D eigenvalue weighted by Gasteiger charge is -2.23. The standard InChI is InChI=1S/C10H15ISi/c1-9-3-5-10(2,6-4-9)7-8-12-11/h3-5,7-8H,6,12H2,1-2H3. The summed E-state index contributed by atoms with van der Waals surface area (Å²) in [5, 5.41) is 0. The second kappa shape index (κ2) is 4.42. The van der Waals surface area contributed by atoms with Crippen molar-refractivity contribution in [2.75, 3.05) is 0 Å². The van der Waals surface area contributed by atoms with Gasteiger partial charge >= 0.3 is 0 Å². The van der Waals surface area contributed by atoms with Gasteiger partial charge in [-0.3, -0.25) is 0 Å². The summed E-state index contributed by atoms with van der Waals surface area (Å²) in [6.07, 6.45) is 10.4. The molecule has 1 aliphatic carbocycles. The molecule has 0 amide bonds. The molecule has 0 aromatic rings. The van der Waals surface area contributed by atoms with Crippen LogP contribution in [-0.2, 0) is 0 Å². The largest absolute Gasteiger partial charge is 0.122 e. The van der Waals surface area contributed by atoms with Gasteiger partial charge in [-0.1, -0.05) is 42.5 Å². The summed E-state index contributed by atoms with van der Waals surface area (Å²) in [5.41, 5.74) is 4.07. The molecule has 1 atom stereocenters. The number of halogens is 1. The molecule has 0 radical (unpaired) electrons. The van der Waals surface area contributed by atoms with Crippen LogP contribution in [0.3, 0.4) is 0 Å². The molecule has 1 unspecified atom stereocenters. The van der Waals surface area contributed by atoms with Crippen molar-refractivity contribution in [3.05, 3.63) is 35.6 Å². The van der Waals surface area contributed by atoms with E-state index in [2.05, 4.69) is 65.6 Å². The third-order valence-electron chi connectivity index (χ3n) is 2.18. The maximum Gasteiger partial charge on any atom is 0.117 e. The van der Waals surface area contributed by atoms with Gasteiger partial charge in [0, 0.05) is 5.41 Å². The Morgan fingerprint density at radius 1 is 1.67 bits per heavy atom. The van der Waals surface area contributed by atoms with Gasteiger partial charge in [0.15, 0.2) is 0 Å². The summed E-state index contributed by atoms with van der Waals surface area (Å²) in [6, 6.07) is 0. The van der Waals surface area contributed by atoms with Gasteiger partial charge in [-0.2, -0.15) is 0 Å². The smallest absolute Gasteiger partial charge is 0.117 e. The van der Waals surface area contributed by atoms with E-state index in [0.717, 1.165) is 6.42 Å². The number of hydrogen-bond donors (Lipinski definition) is 0. The van der Waals surface area contributed by atoms with E-state index in [1.54, 1.807) is 0 Å². The van der Waals surface area contributed by atoms with Crippen LogP contribution in [0.15, 0.2) is 35.6 Å². The summed E-state index contributed by atoms with van der Waals surface area (Å²) >= 11 is 2.51. The molecule has 0 spiro atoms. The fourth-order valence-corrected chi connectivity index (χ4v) is 2.67. The first-order valence-electron chi connectivity index (χ1n) is 4.26. The van der Waals surface area contributed by atoms with E-state index >= 15 is 0 Å². The van der Waals surface area contributed by atoms with Gasteiger partial charge in [-0.25, -0.2) is 0 Å². The summed E-state index contributed by atoms with van der Waals surface area (Å²) < 4.78 is 0. The van der Waals surface area contributed by atoms with Crippen LogP contribution < -0.4 is 0 Å². The fraction of sp³-hybridized carbons (Fsp3) is 0.400. The molecule has 0 heterocycles. The van der Waals surface area contributed by atoms with Gasteiger partial charge in [0.25, 0.3) is 0 Å². The van der Waals surface area contributed by atoms with Crippen LogP contribution in [0.4, 0.5) is 0 Å². The molecule has 1 rings (SSSR count). The van der Waals surface area contributed by atoms with E-state index in [9.17, 15) is 0 Å². The van der Waals surface area contributed by atoms with Crippen molar-refractivity contribution in [1.82, 2.24) is 0 Å². The minimum atomic E-state index is 0.0537. The second-order valence-electron chi connectivity index (χ2n) is 3.55. The van der Waals surface area contributed by atoms with Crippen molar-refractivity contribution in [2.24, 2.45) is 5.41 Å². The van der Waals surface area contributed by atoms with E-state index in [1.165, 1.54) is 5.57 Å². The third kappa shape index (κ3) is 2.90. The van der Waals surface area contributed by atoms with Crippen molar-refractivity contribution in [1.29, 1.82) is 0 Å². The molecule has 0 aromatic heterocycles. The molecule has 0 aliphatic heterocycles. The van der Waals surface area contributed by atoms with Crippen LogP contribution in [0.1, 0.15) is 20.3 Å². The zero-order chi connectivity index (χ0) is 9.03. The lowest BCUT2D eigenvalue weighted by Crippen LogP contribution is -2.10. The first kappa shape index (κ1) is 10.2. The Morgan fingerprint density at radius 3 is 2.92 bits per heavy atom. The normalized spacial score (nSPS) is 30.4. The third-order valence-corrected chi connectivity index (χ3v) is 4.12. The molecule has 66 valence electrons. The number of allylic oxidation sites excluding steroid dienone is 5. The van der Waals surface area contributed by atoms with Gasteiger partial charge in [0.05, 0.1) is 0 Å².